The number of aromatic nitrogens is 3. The highest BCUT2D eigenvalue weighted by Crippen LogP contribution is 2.39. The minimum Gasteiger partial charge on any atom is -0.493 e. The number of carbonyl (C=O) groups is 1. The number of aryl methyl sites for hydroxylation is 1. The van der Waals surface area contributed by atoms with E-state index in [-0.39, 0.29) is 18.0 Å². The van der Waals surface area contributed by atoms with Gasteiger partial charge in [-0.2, -0.15) is 9.61 Å². The molecule has 0 spiro atoms. The maximum absolute atomic E-state index is 12.5. The van der Waals surface area contributed by atoms with Crippen molar-refractivity contribution in [3.8, 4) is 28.1 Å². The molecule has 7 rings (SSSR count). The summed E-state index contributed by atoms with van der Waals surface area (Å²) in [6, 6.07) is 16.0. The zero-order valence-electron chi connectivity index (χ0n) is 24.5. The van der Waals surface area contributed by atoms with E-state index in [0.717, 1.165) is 103 Å². The molecule has 220 valence electrons. The van der Waals surface area contributed by atoms with Gasteiger partial charge >= 0.3 is 5.97 Å². The molecule has 0 radical (unpaired) electrons. The minimum atomic E-state index is -0.301. The number of benzene rings is 2. The molecule has 1 saturated heterocycles. The van der Waals surface area contributed by atoms with Crippen molar-refractivity contribution >= 4 is 29.0 Å². The molecule has 0 N–H and O–H groups in total. The minimum absolute atomic E-state index is 0.130. The van der Waals surface area contributed by atoms with Gasteiger partial charge in [-0.05, 0) is 69.7 Å². The van der Waals surface area contributed by atoms with Crippen molar-refractivity contribution in [3.05, 3.63) is 64.8 Å². The summed E-state index contributed by atoms with van der Waals surface area (Å²) < 4.78 is 19.6. The van der Waals surface area contributed by atoms with Gasteiger partial charge in [0.25, 0.3) is 0 Å². The highest BCUT2D eigenvalue weighted by atomic mass is 35.5. The molecule has 0 unspecified atom stereocenters. The van der Waals surface area contributed by atoms with E-state index in [2.05, 4.69) is 17.9 Å². The van der Waals surface area contributed by atoms with Gasteiger partial charge in [0.1, 0.15) is 11.6 Å². The number of carbonyl (C=O) groups excluding carboxylic acids is 1. The van der Waals surface area contributed by atoms with Crippen molar-refractivity contribution in [2.45, 2.75) is 58.0 Å². The van der Waals surface area contributed by atoms with Gasteiger partial charge in [0, 0.05) is 48.1 Å². The monoisotopic (exact) mass is 588 g/mol. The zero-order chi connectivity index (χ0) is 29.3. The number of esters is 1. The summed E-state index contributed by atoms with van der Waals surface area (Å²) in [5.74, 6) is 1.36. The van der Waals surface area contributed by atoms with Gasteiger partial charge in [-0.1, -0.05) is 35.9 Å². The Balaban J connectivity index is 1.49. The molecule has 0 aliphatic carbocycles. The molecule has 9 heteroatoms. The van der Waals surface area contributed by atoms with E-state index in [9.17, 15) is 4.79 Å². The van der Waals surface area contributed by atoms with Crippen molar-refractivity contribution in [3.63, 3.8) is 0 Å². The molecule has 5 heterocycles. The summed E-state index contributed by atoms with van der Waals surface area (Å²) in [6.07, 6.45) is 4.84. The molecular formula is C33H37ClN4O4. The van der Waals surface area contributed by atoms with E-state index in [1.807, 2.05) is 53.9 Å². The standard InChI is InChI=1S/C33H37ClN4O4/c1-22-25(20-30(39)40-3)32-37-15-13-33(2,14-16-37)42-18-6-4-5-17-41-28-12-8-11-26(34)31(28)24-10-7-9-23(19-24)27-21-29(35-22)38(32)36-27/h7-12,19,21H,4-6,13-18,20H2,1-3H3. The smallest absolute Gasteiger partial charge is 0.310 e. The molecule has 2 aromatic carbocycles. The van der Waals surface area contributed by atoms with Crippen LogP contribution < -0.4 is 9.64 Å². The summed E-state index contributed by atoms with van der Waals surface area (Å²) in [7, 11) is 1.42. The van der Waals surface area contributed by atoms with Gasteiger partial charge in [0.15, 0.2) is 5.65 Å². The first kappa shape index (κ1) is 28.5. The third-order valence-electron chi connectivity index (χ3n) is 8.47. The predicted molar refractivity (Wildman–Crippen MR) is 164 cm³/mol. The van der Waals surface area contributed by atoms with Crippen molar-refractivity contribution < 1.29 is 19.0 Å². The van der Waals surface area contributed by atoms with Gasteiger partial charge in [-0.25, -0.2) is 4.98 Å². The number of hydrogen-bond donors (Lipinski definition) is 0. The molecule has 3 aliphatic rings. The first-order chi connectivity index (χ1) is 20.3. The summed E-state index contributed by atoms with van der Waals surface area (Å²) >= 11 is 6.74. The fourth-order valence-corrected chi connectivity index (χ4v) is 6.26. The number of ether oxygens (including phenoxy) is 3. The topological polar surface area (TPSA) is 78.2 Å². The van der Waals surface area contributed by atoms with E-state index in [4.69, 9.17) is 35.9 Å². The number of methoxy groups -OCH3 is 1. The van der Waals surface area contributed by atoms with Crippen LogP contribution in [0.4, 0.5) is 5.82 Å². The first-order valence-corrected chi connectivity index (χ1v) is 15.1. The third-order valence-corrected chi connectivity index (χ3v) is 8.78. The molecule has 6 bridgehead atoms. The quantitative estimate of drug-likeness (QED) is 0.242. The summed E-state index contributed by atoms with van der Waals surface area (Å²) in [5, 5.41) is 5.71. The Morgan fingerprint density at radius 1 is 1.05 bits per heavy atom. The number of halogens is 1. The fraction of sp³-hybridized carbons (Fsp3) is 0.424. The number of fused-ring (bicyclic) bond motifs is 8. The third kappa shape index (κ3) is 5.70. The SMILES string of the molecule is COC(=O)Cc1c(C)nc2cc3nn2c1N1CCC(C)(CC1)OCCCCCOc1cccc(Cl)c1-c1cccc-3c1. The molecule has 42 heavy (non-hydrogen) atoms. The number of hydrogen-bond acceptors (Lipinski definition) is 7. The molecule has 0 amide bonds. The van der Waals surface area contributed by atoms with Crippen LogP contribution in [0.1, 0.15) is 50.3 Å². The normalized spacial score (nSPS) is 17.1. The Labute approximate surface area is 251 Å². The van der Waals surface area contributed by atoms with Crippen LogP contribution in [0.5, 0.6) is 5.75 Å². The van der Waals surface area contributed by atoms with Crippen molar-refractivity contribution in [1.82, 2.24) is 14.6 Å². The lowest BCUT2D eigenvalue weighted by Crippen LogP contribution is -2.45. The zero-order valence-corrected chi connectivity index (χ0v) is 25.2. The van der Waals surface area contributed by atoms with Crippen LogP contribution in [-0.4, -0.2) is 59.6 Å². The summed E-state index contributed by atoms with van der Waals surface area (Å²) in [4.78, 5) is 19.7. The summed E-state index contributed by atoms with van der Waals surface area (Å²) in [6.45, 7) is 7.08. The van der Waals surface area contributed by atoms with E-state index in [0.29, 0.717) is 11.6 Å². The average molecular weight is 589 g/mol. The highest BCUT2D eigenvalue weighted by Gasteiger charge is 2.33. The lowest BCUT2D eigenvalue weighted by Gasteiger charge is -2.41. The van der Waals surface area contributed by atoms with E-state index >= 15 is 0 Å². The van der Waals surface area contributed by atoms with Crippen molar-refractivity contribution in [1.29, 1.82) is 0 Å². The van der Waals surface area contributed by atoms with Gasteiger partial charge in [0.05, 0.1) is 36.5 Å². The van der Waals surface area contributed by atoms with E-state index < -0.39 is 0 Å². The lowest BCUT2D eigenvalue weighted by molar-refractivity contribution is -0.139. The van der Waals surface area contributed by atoms with Gasteiger partial charge in [0.2, 0.25) is 0 Å². The number of rotatable bonds is 2. The number of piperidine rings is 1. The molecule has 3 aliphatic heterocycles. The second-order valence-corrected chi connectivity index (χ2v) is 11.8. The van der Waals surface area contributed by atoms with Crippen molar-refractivity contribution in [2.75, 3.05) is 38.3 Å². The second-order valence-electron chi connectivity index (χ2n) is 11.4. The Hall–Kier alpha value is -3.62. The highest BCUT2D eigenvalue weighted by molar-refractivity contribution is 6.33. The molecule has 4 aromatic rings. The van der Waals surface area contributed by atoms with Gasteiger partial charge in [-0.3, -0.25) is 4.79 Å². The van der Waals surface area contributed by atoms with Gasteiger partial charge < -0.3 is 19.1 Å². The molecule has 2 aromatic heterocycles. The molecule has 0 atom stereocenters. The Bertz CT molecular complexity index is 1610. The van der Waals surface area contributed by atoms with Crippen LogP contribution in [-0.2, 0) is 20.7 Å². The second kappa shape index (κ2) is 11.9. The summed E-state index contributed by atoms with van der Waals surface area (Å²) in [5.41, 5.74) is 5.72. The molecule has 1 fully saturated rings. The molecule has 8 nitrogen and oxygen atoms in total. The Morgan fingerprint density at radius 3 is 2.62 bits per heavy atom. The number of anilines is 1. The Kier molecular flexibility index (Phi) is 8.10. The van der Waals surface area contributed by atoms with Crippen LogP contribution in [0.25, 0.3) is 28.0 Å². The van der Waals surface area contributed by atoms with Crippen LogP contribution in [0.2, 0.25) is 5.02 Å². The fourth-order valence-electron chi connectivity index (χ4n) is 5.98. The van der Waals surface area contributed by atoms with Gasteiger partial charge in [-0.15, -0.1) is 0 Å². The van der Waals surface area contributed by atoms with Crippen LogP contribution in [0.15, 0.2) is 48.5 Å². The first-order valence-electron chi connectivity index (χ1n) is 14.7. The largest absolute Gasteiger partial charge is 0.493 e. The maximum atomic E-state index is 12.5. The number of nitrogens with zero attached hydrogens (tertiary/aromatic N) is 4. The molecular weight excluding hydrogens is 552 g/mol. The van der Waals surface area contributed by atoms with Crippen LogP contribution in [0, 0.1) is 6.92 Å². The van der Waals surface area contributed by atoms with Crippen molar-refractivity contribution in [2.24, 2.45) is 0 Å². The van der Waals surface area contributed by atoms with E-state index in [1.165, 1.54) is 7.11 Å². The van der Waals surface area contributed by atoms with Crippen LogP contribution in [0.3, 0.4) is 0 Å². The van der Waals surface area contributed by atoms with E-state index in [1.54, 1.807) is 0 Å². The van der Waals surface area contributed by atoms with Crippen LogP contribution >= 0.6 is 11.6 Å². The lowest BCUT2D eigenvalue weighted by atomic mass is 9.92. The maximum Gasteiger partial charge on any atom is 0.310 e. The average Bonchev–Trinajstić information content (AvgIpc) is 3.41. The Morgan fingerprint density at radius 2 is 1.81 bits per heavy atom. The predicted octanol–water partition coefficient (Wildman–Crippen LogP) is 6.68. The molecule has 0 saturated carbocycles.